The molecule has 0 atom stereocenters. The van der Waals surface area contributed by atoms with Crippen LogP contribution >= 0.6 is 15.9 Å². The summed E-state index contributed by atoms with van der Waals surface area (Å²) in [5.74, 6) is -0.429. The molecule has 0 aliphatic heterocycles. The van der Waals surface area contributed by atoms with Gasteiger partial charge < -0.3 is 15.0 Å². The lowest BCUT2D eigenvalue weighted by atomic mass is 9.82. The molecule has 3 rings (SSSR count). The highest BCUT2D eigenvalue weighted by atomic mass is 79.9. The Kier molecular flexibility index (Phi) is 5.78. The fourth-order valence-corrected chi connectivity index (χ4v) is 3.88. The number of hydrogen-bond donors (Lipinski definition) is 2. The van der Waals surface area contributed by atoms with Gasteiger partial charge in [0.2, 0.25) is 5.91 Å². The van der Waals surface area contributed by atoms with Gasteiger partial charge in [-0.05, 0) is 55.2 Å². The summed E-state index contributed by atoms with van der Waals surface area (Å²) in [6.45, 7) is 1.31. The van der Waals surface area contributed by atoms with Crippen LogP contribution in [0.1, 0.15) is 32.1 Å². The van der Waals surface area contributed by atoms with Crippen molar-refractivity contribution < 1.29 is 14.7 Å². The summed E-state index contributed by atoms with van der Waals surface area (Å²) < 4.78 is 3.12. The Hall–Kier alpha value is -1.82. The second-order valence-corrected chi connectivity index (χ2v) is 7.74. The maximum atomic E-state index is 12.1. The molecule has 1 aromatic heterocycles. The molecule has 5 nitrogen and oxygen atoms in total. The van der Waals surface area contributed by atoms with Crippen molar-refractivity contribution in [1.29, 1.82) is 0 Å². The van der Waals surface area contributed by atoms with Crippen molar-refractivity contribution >= 4 is 38.7 Å². The van der Waals surface area contributed by atoms with Gasteiger partial charge >= 0.3 is 5.97 Å². The predicted molar refractivity (Wildman–Crippen MR) is 100 cm³/mol. The first-order valence-corrected chi connectivity index (χ1v) is 9.56. The molecule has 1 heterocycles. The van der Waals surface area contributed by atoms with E-state index in [9.17, 15) is 9.59 Å². The van der Waals surface area contributed by atoms with Gasteiger partial charge in [0, 0.05) is 35.7 Å². The number of hydrogen-bond acceptors (Lipinski definition) is 2. The molecule has 2 aromatic rings. The number of amides is 1. The van der Waals surface area contributed by atoms with Gasteiger partial charge in [0.25, 0.3) is 0 Å². The molecule has 0 spiro atoms. The summed E-state index contributed by atoms with van der Waals surface area (Å²) in [5, 5.41) is 13.2. The minimum atomic E-state index is -0.687. The van der Waals surface area contributed by atoms with Crippen LogP contribution in [0.2, 0.25) is 0 Å². The van der Waals surface area contributed by atoms with Crippen LogP contribution in [0.4, 0.5) is 0 Å². The Labute approximate surface area is 155 Å². The Morgan fingerprint density at radius 2 is 1.96 bits per heavy atom. The van der Waals surface area contributed by atoms with Crippen molar-refractivity contribution in [2.75, 3.05) is 6.54 Å². The minimum Gasteiger partial charge on any atom is -0.481 e. The number of nitrogens with one attached hydrogen (secondary N) is 1. The van der Waals surface area contributed by atoms with Gasteiger partial charge in [0.1, 0.15) is 0 Å². The van der Waals surface area contributed by atoms with E-state index in [-0.39, 0.29) is 11.8 Å². The van der Waals surface area contributed by atoms with Gasteiger partial charge in [-0.2, -0.15) is 0 Å². The third-order valence-corrected chi connectivity index (χ3v) is 5.59. The van der Waals surface area contributed by atoms with E-state index in [0.717, 1.165) is 35.7 Å². The zero-order valence-electron chi connectivity index (χ0n) is 14.1. The maximum absolute atomic E-state index is 12.1. The zero-order chi connectivity index (χ0) is 17.8. The van der Waals surface area contributed by atoms with Gasteiger partial charge in [-0.3, -0.25) is 9.59 Å². The van der Waals surface area contributed by atoms with Gasteiger partial charge in [-0.25, -0.2) is 0 Å². The molecule has 1 aromatic carbocycles. The highest BCUT2D eigenvalue weighted by Crippen LogP contribution is 2.28. The van der Waals surface area contributed by atoms with E-state index in [1.54, 1.807) is 0 Å². The Balaban J connectivity index is 1.44. The molecular formula is C19H23BrN2O3. The van der Waals surface area contributed by atoms with Gasteiger partial charge in [-0.15, -0.1) is 0 Å². The van der Waals surface area contributed by atoms with Crippen LogP contribution in [0, 0.1) is 11.8 Å². The number of carbonyl (C=O) groups excluding carboxylic acids is 1. The molecule has 6 heteroatoms. The minimum absolute atomic E-state index is 0.0530. The lowest BCUT2D eigenvalue weighted by Crippen LogP contribution is -2.32. The van der Waals surface area contributed by atoms with E-state index in [1.807, 2.05) is 12.3 Å². The largest absolute Gasteiger partial charge is 0.481 e. The number of aromatic nitrogens is 1. The number of carbonyl (C=O) groups is 2. The molecule has 1 aliphatic carbocycles. The molecule has 1 fully saturated rings. The van der Waals surface area contributed by atoms with Crippen LogP contribution in [0.25, 0.3) is 10.9 Å². The lowest BCUT2D eigenvalue weighted by Gasteiger charge is -2.26. The number of nitrogens with zero attached hydrogens (tertiary/aromatic N) is 1. The number of carboxylic acid groups (broad SMARTS) is 1. The number of carboxylic acids is 1. The SMILES string of the molecule is O=C(CCn1ccc2ccc(Br)cc21)NCC1CCC(C(=O)O)CC1. The molecule has 1 amide bonds. The number of benzene rings is 1. The van der Waals surface area contributed by atoms with E-state index in [0.29, 0.717) is 25.4 Å². The normalized spacial score (nSPS) is 20.5. The number of fused-ring (bicyclic) bond motifs is 1. The van der Waals surface area contributed by atoms with Crippen molar-refractivity contribution in [3.63, 3.8) is 0 Å². The number of aryl methyl sites for hydroxylation is 1. The number of halogens is 1. The van der Waals surface area contributed by atoms with Crippen molar-refractivity contribution in [3.05, 3.63) is 34.9 Å². The Bertz CT molecular complexity index is 763. The number of aliphatic carboxylic acids is 1. The maximum Gasteiger partial charge on any atom is 0.306 e. The first kappa shape index (κ1) is 18.0. The Morgan fingerprint density at radius 1 is 1.20 bits per heavy atom. The van der Waals surface area contributed by atoms with Crippen LogP contribution in [0.5, 0.6) is 0 Å². The molecular weight excluding hydrogens is 384 g/mol. The van der Waals surface area contributed by atoms with E-state index in [1.165, 1.54) is 5.39 Å². The average molecular weight is 407 g/mol. The van der Waals surface area contributed by atoms with Crippen molar-refractivity contribution in [1.82, 2.24) is 9.88 Å². The summed E-state index contributed by atoms with van der Waals surface area (Å²) in [6, 6.07) is 8.19. The molecule has 0 radical (unpaired) electrons. The van der Waals surface area contributed by atoms with Crippen LogP contribution in [0.3, 0.4) is 0 Å². The van der Waals surface area contributed by atoms with Crippen LogP contribution in [-0.4, -0.2) is 28.1 Å². The zero-order valence-corrected chi connectivity index (χ0v) is 15.7. The quantitative estimate of drug-likeness (QED) is 0.765. The molecule has 0 saturated heterocycles. The highest BCUT2D eigenvalue weighted by molar-refractivity contribution is 9.10. The monoisotopic (exact) mass is 406 g/mol. The van der Waals surface area contributed by atoms with E-state index in [2.05, 4.69) is 44.0 Å². The molecule has 2 N–H and O–H groups in total. The second kappa shape index (κ2) is 8.04. The molecule has 134 valence electrons. The molecule has 1 aliphatic rings. The third-order valence-electron chi connectivity index (χ3n) is 5.10. The number of rotatable bonds is 6. The van der Waals surface area contributed by atoms with Gasteiger partial charge in [0.15, 0.2) is 0 Å². The molecule has 0 bridgehead atoms. The Morgan fingerprint density at radius 3 is 2.68 bits per heavy atom. The van der Waals surface area contributed by atoms with Crippen molar-refractivity contribution in [2.24, 2.45) is 11.8 Å². The summed E-state index contributed by atoms with van der Waals surface area (Å²) in [4.78, 5) is 23.1. The van der Waals surface area contributed by atoms with Gasteiger partial charge in [0.05, 0.1) is 5.92 Å². The fraction of sp³-hybridized carbons (Fsp3) is 0.474. The summed E-state index contributed by atoms with van der Waals surface area (Å²) in [5.41, 5.74) is 1.12. The van der Waals surface area contributed by atoms with Crippen LogP contribution in [0.15, 0.2) is 34.9 Å². The van der Waals surface area contributed by atoms with E-state index in [4.69, 9.17) is 5.11 Å². The summed E-state index contributed by atoms with van der Waals surface area (Å²) in [6.07, 6.45) is 5.67. The van der Waals surface area contributed by atoms with E-state index < -0.39 is 5.97 Å². The standard InChI is InChI=1S/C19H23BrN2O3/c20-16-6-5-14-7-9-22(17(14)11-16)10-8-18(23)21-12-13-1-3-15(4-2-13)19(24)25/h5-7,9,11,13,15H,1-4,8,10,12H2,(H,21,23)(H,24,25). The van der Waals surface area contributed by atoms with Gasteiger partial charge in [-0.1, -0.05) is 22.0 Å². The summed E-state index contributed by atoms with van der Waals surface area (Å²) in [7, 11) is 0. The van der Waals surface area contributed by atoms with Crippen LogP contribution < -0.4 is 5.32 Å². The smallest absolute Gasteiger partial charge is 0.306 e. The van der Waals surface area contributed by atoms with Crippen molar-refractivity contribution in [2.45, 2.75) is 38.6 Å². The third kappa shape index (κ3) is 4.63. The molecule has 1 saturated carbocycles. The van der Waals surface area contributed by atoms with Crippen molar-refractivity contribution in [3.8, 4) is 0 Å². The average Bonchev–Trinajstić information content (AvgIpc) is 3.00. The summed E-state index contributed by atoms with van der Waals surface area (Å²) >= 11 is 3.48. The fourth-order valence-electron chi connectivity index (χ4n) is 3.53. The predicted octanol–water partition coefficient (Wildman–Crippen LogP) is 3.80. The second-order valence-electron chi connectivity index (χ2n) is 6.82. The topological polar surface area (TPSA) is 71.3 Å². The van der Waals surface area contributed by atoms with E-state index >= 15 is 0 Å². The highest BCUT2D eigenvalue weighted by Gasteiger charge is 2.25. The molecule has 25 heavy (non-hydrogen) atoms. The first-order valence-electron chi connectivity index (χ1n) is 8.77. The first-order chi connectivity index (χ1) is 12.0. The van der Waals surface area contributed by atoms with Crippen LogP contribution in [-0.2, 0) is 16.1 Å². The molecule has 0 unspecified atom stereocenters. The lowest BCUT2D eigenvalue weighted by molar-refractivity contribution is -0.143.